The van der Waals surface area contributed by atoms with Gasteiger partial charge in [0.2, 0.25) is 0 Å². The summed E-state index contributed by atoms with van der Waals surface area (Å²) >= 11 is 1.54. The number of nitrogens with one attached hydrogen (secondary N) is 1. The molecular formula is C16H14N2O2S. The van der Waals surface area contributed by atoms with Gasteiger partial charge in [0, 0.05) is 23.1 Å². The molecule has 3 rings (SSSR count). The van der Waals surface area contributed by atoms with Crippen molar-refractivity contribution in [3.63, 3.8) is 0 Å². The van der Waals surface area contributed by atoms with Crippen LogP contribution in [0.15, 0.2) is 58.4 Å². The second kappa shape index (κ2) is 5.93. The van der Waals surface area contributed by atoms with Gasteiger partial charge in [-0.3, -0.25) is 0 Å². The normalized spacial score (nSPS) is 18.1. The Morgan fingerprint density at radius 1 is 1.10 bits per heavy atom. The van der Waals surface area contributed by atoms with E-state index in [4.69, 9.17) is 0 Å². The second-order valence-corrected chi connectivity index (χ2v) is 5.68. The van der Waals surface area contributed by atoms with Gasteiger partial charge < -0.3 is 15.5 Å². The molecule has 0 unspecified atom stereocenters. The Labute approximate surface area is 126 Å². The molecule has 0 amide bonds. The Hall–Kier alpha value is -2.40. The maximum Gasteiger partial charge on any atom is 0.166 e. The van der Waals surface area contributed by atoms with E-state index in [2.05, 4.69) is 10.3 Å². The van der Waals surface area contributed by atoms with Crippen molar-refractivity contribution >= 4 is 28.7 Å². The summed E-state index contributed by atoms with van der Waals surface area (Å²) in [6.45, 7) is 0.677. The van der Waals surface area contributed by atoms with Crippen LogP contribution < -0.4 is 5.32 Å². The molecule has 106 valence electrons. The molecule has 0 spiro atoms. The molecule has 1 aliphatic heterocycles. The van der Waals surface area contributed by atoms with Crippen LogP contribution in [0.25, 0.3) is 6.08 Å². The molecule has 1 fully saturated rings. The molecule has 1 aliphatic rings. The van der Waals surface area contributed by atoms with E-state index in [1.54, 1.807) is 12.1 Å². The number of para-hydroxylation sites is 1. The maximum absolute atomic E-state index is 9.79. The quantitative estimate of drug-likeness (QED) is 0.794. The highest BCUT2D eigenvalue weighted by molar-refractivity contribution is 8.17. The molecule has 2 aromatic rings. The monoisotopic (exact) mass is 298 g/mol. The fraction of sp³-hybridized carbons (Fsp3) is 0.0625. The average Bonchev–Trinajstić information content (AvgIpc) is 2.90. The molecular weight excluding hydrogens is 284 g/mol. The zero-order chi connectivity index (χ0) is 14.7. The largest absolute Gasteiger partial charge is 0.508 e. The molecule has 1 saturated heterocycles. The third kappa shape index (κ3) is 3.38. The van der Waals surface area contributed by atoms with Crippen LogP contribution in [0.2, 0.25) is 0 Å². The summed E-state index contributed by atoms with van der Waals surface area (Å²) in [7, 11) is 0. The number of benzene rings is 2. The Kier molecular flexibility index (Phi) is 3.83. The number of amidine groups is 1. The van der Waals surface area contributed by atoms with Crippen LogP contribution in [0, 0.1) is 0 Å². The average molecular weight is 298 g/mol. The van der Waals surface area contributed by atoms with Crippen molar-refractivity contribution in [3.05, 3.63) is 59.0 Å². The third-order valence-electron chi connectivity index (χ3n) is 2.96. The van der Waals surface area contributed by atoms with Crippen LogP contribution in [0.3, 0.4) is 0 Å². The number of phenols is 2. The van der Waals surface area contributed by atoms with Crippen LogP contribution in [0.1, 0.15) is 5.56 Å². The molecule has 0 radical (unpaired) electrons. The lowest BCUT2D eigenvalue weighted by Gasteiger charge is -2.00. The summed E-state index contributed by atoms with van der Waals surface area (Å²) in [4.78, 5) is 5.57. The lowest BCUT2D eigenvalue weighted by atomic mass is 10.2. The van der Waals surface area contributed by atoms with Crippen molar-refractivity contribution in [2.24, 2.45) is 4.99 Å². The molecule has 0 bridgehead atoms. The lowest BCUT2D eigenvalue weighted by molar-refractivity contribution is 0.450. The van der Waals surface area contributed by atoms with E-state index in [1.807, 2.05) is 36.4 Å². The fourth-order valence-electron chi connectivity index (χ4n) is 1.95. The van der Waals surface area contributed by atoms with Gasteiger partial charge in [-0.2, -0.15) is 0 Å². The first kappa shape index (κ1) is 13.6. The fourth-order valence-corrected chi connectivity index (χ4v) is 2.82. The number of hydrogen-bond acceptors (Lipinski definition) is 4. The number of thioether (sulfide) groups is 1. The molecule has 21 heavy (non-hydrogen) atoms. The summed E-state index contributed by atoms with van der Waals surface area (Å²) in [5.74, 6) is 0.120. The molecule has 1 heterocycles. The van der Waals surface area contributed by atoms with Gasteiger partial charge in [0.25, 0.3) is 0 Å². The number of rotatable bonds is 2. The van der Waals surface area contributed by atoms with Crippen molar-refractivity contribution in [2.45, 2.75) is 0 Å². The van der Waals surface area contributed by atoms with Gasteiger partial charge in [-0.05, 0) is 30.3 Å². The second-order valence-electron chi connectivity index (χ2n) is 4.56. The van der Waals surface area contributed by atoms with Gasteiger partial charge >= 0.3 is 0 Å². The van der Waals surface area contributed by atoms with E-state index in [0.717, 1.165) is 15.8 Å². The van der Waals surface area contributed by atoms with Crippen LogP contribution >= 0.6 is 11.8 Å². The smallest absolute Gasteiger partial charge is 0.166 e. The number of nitrogens with zero attached hydrogens (tertiary/aromatic N) is 1. The third-order valence-corrected chi connectivity index (χ3v) is 3.91. The lowest BCUT2D eigenvalue weighted by Crippen LogP contribution is -2.12. The number of phenolic OH excluding ortho intramolecular Hbond substituents is 2. The molecule has 0 aliphatic carbocycles. The summed E-state index contributed by atoms with van der Waals surface area (Å²) in [5, 5.41) is 23.1. The van der Waals surface area contributed by atoms with Crippen LogP contribution in [-0.2, 0) is 0 Å². The standard InChI is InChI=1S/C16H14N2O2S/c19-13-7-6-11(15(20)9-13)8-14-10-17-16(21-14)18-12-4-2-1-3-5-12/h1-9,19-20H,10H2,(H,17,18)/b14-8+. The van der Waals surface area contributed by atoms with Gasteiger partial charge in [-0.1, -0.05) is 30.0 Å². The molecule has 0 aromatic heterocycles. The predicted molar refractivity (Wildman–Crippen MR) is 86.9 cm³/mol. The Balaban J connectivity index is 1.78. The van der Waals surface area contributed by atoms with Crippen molar-refractivity contribution in [1.82, 2.24) is 5.32 Å². The maximum atomic E-state index is 9.79. The van der Waals surface area contributed by atoms with Crippen molar-refractivity contribution in [2.75, 3.05) is 6.54 Å². The van der Waals surface area contributed by atoms with Crippen molar-refractivity contribution in [3.8, 4) is 11.5 Å². The number of aliphatic imine (C=N–C) groups is 1. The molecule has 0 atom stereocenters. The Morgan fingerprint density at radius 3 is 2.67 bits per heavy atom. The topological polar surface area (TPSA) is 64.8 Å². The van der Waals surface area contributed by atoms with Crippen molar-refractivity contribution in [1.29, 1.82) is 0 Å². The molecule has 4 nitrogen and oxygen atoms in total. The number of hydrogen-bond donors (Lipinski definition) is 3. The van der Waals surface area contributed by atoms with Crippen LogP contribution in [0.4, 0.5) is 5.69 Å². The van der Waals surface area contributed by atoms with Gasteiger partial charge in [0.1, 0.15) is 11.5 Å². The highest BCUT2D eigenvalue weighted by Crippen LogP contribution is 2.30. The van der Waals surface area contributed by atoms with E-state index < -0.39 is 0 Å². The highest BCUT2D eigenvalue weighted by Gasteiger charge is 2.14. The first-order valence-electron chi connectivity index (χ1n) is 6.49. The van der Waals surface area contributed by atoms with Crippen LogP contribution in [-0.4, -0.2) is 21.9 Å². The predicted octanol–water partition coefficient (Wildman–Crippen LogP) is 3.46. The SMILES string of the molecule is Oc1ccc(/C=C2\CN/C(=N/c3ccccc3)S2)c(O)c1. The van der Waals surface area contributed by atoms with E-state index >= 15 is 0 Å². The zero-order valence-electron chi connectivity index (χ0n) is 11.2. The van der Waals surface area contributed by atoms with E-state index in [1.165, 1.54) is 17.8 Å². The van der Waals surface area contributed by atoms with Gasteiger partial charge in [-0.25, -0.2) is 4.99 Å². The first-order valence-corrected chi connectivity index (χ1v) is 7.30. The van der Waals surface area contributed by atoms with Gasteiger partial charge in [0.05, 0.1) is 5.69 Å². The summed E-state index contributed by atoms with van der Waals surface area (Å²) in [6.07, 6.45) is 1.89. The highest BCUT2D eigenvalue weighted by atomic mass is 32.2. The van der Waals surface area contributed by atoms with E-state index in [-0.39, 0.29) is 11.5 Å². The number of aromatic hydroxyl groups is 2. The van der Waals surface area contributed by atoms with Crippen LogP contribution in [0.5, 0.6) is 11.5 Å². The van der Waals surface area contributed by atoms with E-state index in [9.17, 15) is 10.2 Å². The van der Waals surface area contributed by atoms with Gasteiger partial charge in [0.15, 0.2) is 5.17 Å². The minimum absolute atomic E-state index is 0.0539. The molecule has 0 saturated carbocycles. The first-order chi connectivity index (χ1) is 10.2. The van der Waals surface area contributed by atoms with Crippen molar-refractivity contribution < 1.29 is 10.2 Å². The molecule has 3 N–H and O–H groups in total. The molecule has 5 heteroatoms. The van der Waals surface area contributed by atoms with Gasteiger partial charge in [-0.15, -0.1) is 0 Å². The zero-order valence-corrected chi connectivity index (χ0v) is 12.0. The minimum atomic E-state index is 0.0539. The molecule has 2 aromatic carbocycles. The summed E-state index contributed by atoms with van der Waals surface area (Å²) < 4.78 is 0. The Morgan fingerprint density at radius 2 is 1.90 bits per heavy atom. The summed E-state index contributed by atoms with van der Waals surface area (Å²) in [6, 6.07) is 14.3. The van der Waals surface area contributed by atoms with E-state index in [0.29, 0.717) is 12.1 Å². The Bertz CT molecular complexity index is 711. The summed E-state index contributed by atoms with van der Waals surface area (Å²) in [5.41, 5.74) is 1.58. The minimum Gasteiger partial charge on any atom is -0.508 e.